The molecule has 1 amide bonds. The van der Waals surface area contributed by atoms with Crippen LogP contribution in [0.4, 0.5) is 0 Å². The van der Waals surface area contributed by atoms with Gasteiger partial charge >= 0.3 is 0 Å². The number of nitrogens with one attached hydrogen (secondary N) is 1. The van der Waals surface area contributed by atoms with Gasteiger partial charge in [-0.25, -0.2) is 4.98 Å². The predicted octanol–water partition coefficient (Wildman–Crippen LogP) is 2.54. The van der Waals surface area contributed by atoms with Crippen LogP contribution in [0, 0.1) is 6.92 Å². The van der Waals surface area contributed by atoms with Gasteiger partial charge in [-0.05, 0) is 19.1 Å². The minimum Gasteiger partial charge on any atom is -0.351 e. The lowest BCUT2D eigenvalue weighted by molar-refractivity contribution is -0.120. The minimum atomic E-state index is 0.0609. The van der Waals surface area contributed by atoms with Crippen molar-refractivity contribution in [2.24, 2.45) is 0 Å². The van der Waals surface area contributed by atoms with E-state index >= 15 is 0 Å². The quantitative estimate of drug-likeness (QED) is 0.920. The fourth-order valence-corrected chi connectivity index (χ4v) is 2.50. The molecule has 94 valence electrons. The molecule has 2 aromatic heterocycles. The molecule has 0 radical (unpaired) electrons. The highest BCUT2D eigenvalue weighted by molar-refractivity contribution is 7.15. The standard InChI is InChI=1S/C13H15N3OS/c1-3-12(17)15-8-11-9(2)16-13(18-11)10-5-4-6-14-7-10/h4-7H,3,8H2,1-2H3,(H,15,17). The second-order valence-corrected chi connectivity index (χ2v) is 4.98. The number of hydrogen-bond donors (Lipinski definition) is 1. The summed E-state index contributed by atoms with van der Waals surface area (Å²) >= 11 is 1.60. The smallest absolute Gasteiger partial charge is 0.220 e. The Morgan fingerprint density at radius 1 is 1.50 bits per heavy atom. The Labute approximate surface area is 110 Å². The first kappa shape index (κ1) is 12.7. The van der Waals surface area contributed by atoms with Crippen molar-refractivity contribution in [2.45, 2.75) is 26.8 Å². The van der Waals surface area contributed by atoms with Gasteiger partial charge in [0.05, 0.1) is 12.2 Å². The van der Waals surface area contributed by atoms with E-state index in [2.05, 4.69) is 15.3 Å². The molecule has 2 aromatic rings. The van der Waals surface area contributed by atoms with Crippen molar-refractivity contribution in [3.8, 4) is 10.6 Å². The van der Waals surface area contributed by atoms with Crippen molar-refractivity contribution < 1.29 is 4.79 Å². The molecule has 2 heterocycles. The minimum absolute atomic E-state index is 0.0609. The largest absolute Gasteiger partial charge is 0.351 e. The number of carbonyl (C=O) groups is 1. The molecule has 4 nitrogen and oxygen atoms in total. The number of aryl methyl sites for hydroxylation is 1. The molecule has 0 atom stereocenters. The molecule has 0 spiro atoms. The third kappa shape index (κ3) is 2.92. The number of amides is 1. The summed E-state index contributed by atoms with van der Waals surface area (Å²) in [6, 6.07) is 3.88. The van der Waals surface area contributed by atoms with Gasteiger partial charge in [0.1, 0.15) is 5.01 Å². The maximum absolute atomic E-state index is 11.2. The lowest BCUT2D eigenvalue weighted by atomic mass is 10.3. The average Bonchev–Trinajstić information content (AvgIpc) is 2.78. The Hall–Kier alpha value is -1.75. The summed E-state index contributed by atoms with van der Waals surface area (Å²) in [5.41, 5.74) is 1.98. The molecule has 0 saturated carbocycles. The van der Waals surface area contributed by atoms with Gasteiger partial charge in [0, 0.05) is 29.3 Å². The van der Waals surface area contributed by atoms with Gasteiger partial charge in [0.15, 0.2) is 0 Å². The zero-order valence-electron chi connectivity index (χ0n) is 10.4. The van der Waals surface area contributed by atoms with E-state index < -0.39 is 0 Å². The number of nitrogens with zero attached hydrogens (tertiary/aromatic N) is 2. The van der Waals surface area contributed by atoms with Crippen molar-refractivity contribution in [1.29, 1.82) is 0 Å². The van der Waals surface area contributed by atoms with E-state index in [9.17, 15) is 4.79 Å². The molecule has 18 heavy (non-hydrogen) atoms. The van der Waals surface area contributed by atoms with Crippen molar-refractivity contribution >= 4 is 17.2 Å². The Morgan fingerprint density at radius 2 is 2.33 bits per heavy atom. The monoisotopic (exact) mass is 261 g/mol. The van der Waals surface area contributed by atoms with E-state index in [1.807, 2.05) is 26.0 Å². The van der Waals surface area contributed by atoms with Crippen LogP contribution < -0.4 is 5.32 Å². The van der Waals surface area contributed by atoms with Crippen molar-refractivity contribution in [3.05, 3.63) is 35.1 Å². The molecule has 0 bridgehead atoms. The highest BCUT2D eigenvalue weighted by Gasteiger charge is 2.09. The molecule has 0 aliphatic rings. The van der Waals surface area contributed by atoms with E-state index in [4.69, 9.17) is 0 Å². The number of pyridine rings is 1. The summed E-state index contributed by atoms with van der Waals surface area (Å²) in [6.07, 6.45) is 4.05. The average molecular weight is 261 g/mol. The lowest BCUT2D eigenvalue weighted by Gasteiger charge is -2.00. The zero-order chi connectivity index (χ0) is 13.0. The topological polar surface area (TPSA) is 54.9 Å². The third-order valence-corrected chi connectivity index (χ3v) is 3.77. The van der Waals surface area contributed by atoms with E-state index in [0.717, 1.165) is 21.1 Å². The SMILES string of the molecule is CCC(=O)NCc1sc(-c2cccnc2)nc1C. The van der Waals surface area contributed by atoms with Crippen LogP contribution in [0.5, 0.6) is 0 Å². The van der Waals surface area contributed by atoms with Crippen molar-refractivity contribution in [1.82, 2.24) is 15.3 Å². The maximum atomic E-state index is 11.2. The molecule has 0 fully saturated rings. The number of carbonyl (C=O) groups excluding carboxylic acids is 1. The van der Waals surface area contributed by atoms with Crippen LogP contribution in [0.2, 0.25) is 0 Å². The summed E-state index contributed by atoms with van der Waals surface area (Å²) < 4.78 is 0. The molecule has 5 heteroatoms. The van der Waals surface area contributed by atoms with Crippen molar-refractivity contribution in [3.63, 3.8) is 0 Å². The van der Waals surface area contributed by atoms with Gasteiger partial charge in [0.2, 0.25) is 5.91 Å². The summed E-state index contributed by atoms with van der Waals surface area (Å²) in [5, 5.41) is 3.82. The Kier molecular flexibility index (Phi) is 4.04. The summed E-state index contributed by atoms with van der Waals surface area (Å²) in [5.74, 6) is 0.0609. The fraction of sp³-hybridized carbons (Fsp3) is 0.308. The predicted molar refractivity (Wildman–Crippen MR) is 72.2 cm³/mol. The van der Waals surface area contributed by atoms with E-state index in [1.165, 1.54) is 0 Å². The first-order valence-corrected chi connectivity index (χ1v) is 6.65. The van der Waals surface area contributed by atoms with E-state index in [1.54, 1.807) is 23.7 Å². The van der Waals surface area contributed by atoms with Crippen LogP contribution >= 0.6 is 11.3 Å². The maximum Gasteiger partial charge on any atom is 0.220 e. The van der Waals surface area contributed by atoms with Gasteiger partial charge in [0.25, 0.3) is 0 Å². The Bertz CT molecular complexity index is 536. The number of rotatable bonds is 4. The summed E-state index contributed by atoms with van der Waals surface area (Å²) in [7, 11) is 0. The summed E-state index contributed by atoms with van der Waals surface area (Å²) in [6.45, 7) is 4.36. The Balaban J connectivity index is 2.15. The van der Waals surface area contributed by atoms with Crippen LogP contribution in [0.15, 0.2) is 24.5 Å². The number of aromatic nitrogens is 2. The van der Waals surface area contributed by atoms with Crippen LogP contribution in [0.1, 0.15) is 23.9 Å². The molecule has 1 N–H and O–H groups in total. The first-order chi connectivity index (χ1) is 8.70. The highest BCUT2D eigenvalue weighted by Crippen LogP contribution is 2.27. The molecular weight excluding hydrogens is 246 g/mol. The van der Waals surface area contributed by atoms with Crippen LogP contribution in [-0.2, 0) is 11.3 Å². The van der Waals surface area contributed by atoms with Gasteiger partial charge in [-0.3, -0.25) is 9.78 Å². The van der Waals surface area contributed by atoms with E-state index in [-0.39, 0.29) is 5.91 Å². The molecule has 2 rings (SSSR count). The lowest BCUT2D eigenvalue weighted by Crippen LogP contribution is -2.21. The summed E-state index contributed by atoms with van der Waals surface area (Å²) in [4.78, 5) is 20.9. The first-order valence-electron chi connectivity index (χ1n) is 5.84. The van der Waals surface area contributed by atoms with Gasteiger partial charge in [-0.2, -0.15) is 0 Å². The molecule has 0 aliphatic carbocycles. The normalized spacial score (nSPS) is 10.3. The number of hydrogen-bond acceptors (Lipinski definition) is 4. The van der Waals surface area contributed by atoms with Gasteiger partial charge in [-0.1, -0.05) is 6.92 Å². The van der Waals surface area contributed by atoms with E-state index in [0.29, 0.717) is 13.0 Å². The molecule has 0 aliphatic heterocycles. The van der Waals surface area contributed by atoms with Crippen molar-refractivity contribution in [2.75, 3.05) is 0 Å². The molecule has 0 aromatic carbocycles. The zero-order valence-corrected chi connectivity index (χ0v) is 11.3. The van der Waals surface area contributed by atoms with Crippen LogP contribution in [-0.4, -0.2) is 15.9 Å². The molecule has 0 unspecified atom stereocenters. The molecule has 0 saturated heterocycles. The second-order valence-electron chi connectivity index (χ2n) is 3.90. The molecular formula is C13H15N3OS. The van der Waals surface area contributed by atoms with Gasteiger partial charge < -0.3 is 5.32 Å². The van der Waals surface area contributed by atoms with Crippen LogP contribution in [0.3, 0.4) is 0 Å². The Morgan fingerprint density at radius 3 is 3.00 bits per heavy atom. The second kappa shape index (κ2) is 5.73. The van der Waals surface area contributed by atoms with Gasteiger partial charge in [-0.15, -0.1) is 11.3 Å². The number of thiazole rings is 1. The highest BCUT2D eigenvalue weighted by atomic mass is 32.1. The third-order valence-electron chi connectivity index (χ3n) is 2.57. The van der Waals surface area contributed by atoms with Crippen LogP contribution in [0.25, 0.3) is 10.6 Å². The fourth-order valence-electron chi connectivity index (χ4n) is 1.51.